The fourth-order valence-electron chi connectivity index (χ4n) is 1.77. The van der Waals surface area contributed by atoms with E-state index in [1.807, 2.05) is 0 Å². The normalized spacial score (nSPS) is 12.8. The molecule has 0 aromatic rings. The average molecular weight is 287 g/mol. The molecular weight excluding hydrogens is 256 g/mol. The van der Waals surface area contributed by atoms with Gasteiger partial charge in [-0.05, 0) is 26.7 Å². The molecule has 0 aromatic heterocycles. The molecule has 0 aliphatic heterocycles. The molecule has 0 saturated heterocycles. The molecule has 20 heavy (non-hydrogen) atoms. The van der Waals surface area contributed by atoms with Crippen molar-refractivity contribution in [2.75, 3.05) is 39.8 Å². The van der Waals surface area contributed by atoms with E-state index in [1.54, 1.807) is 0 Å². The van der Waals surface area contributed by atoms with Crippen molar-refractivity contribution in [2.24, 2.45) is 22.2 Å². The van der Waals surface area contributed by atoms with Crippen LogP contribution in [0.25, 0.3) is 0 Å². The van der Waals surface area contributed by atoms with E-state index in [4.69, 9.17) is 17.2 Å². The van der Waals surface area contributed by atoms with Gasteiger partial charge in [0, 0.05) is 6.54 Å². The van der Waals surface area contributed by atoms with Crippen molar-refractivity contribution in [1.82, 2.24) is 5.32 Å². The van der Waals surface area contributed by atoms with Crippen LogP contribution in [-0.2, 0) is 4.79 Å². The standard InChI is InChI=1S/C13H30N6O/c1-4-19(3,5-2)10-9-17-12(20)11(14)7-6-8-18-13(15)16/h11H,4-10,14H2,1-3H3,(H4-,15,16,17,18,20)/p+1/t11-/m1/s1. The molecule has 0 radical (unpaired) electrons. The first kappa shape index (κ1) is 18.7. The molecule has 0 heterocycles. The van der Waals surface area contributed by atoms with E-state index >= 15 is 0 Å². The molecule has 7 nitrogen and oxygen atoms in total. The summed E-state index contributed by atoms with van der Waals surface area (Å²) in [5.41, 5.74) is 16.3. The summed E-state index contributed by atoms with van der Waals surface area (Å²) in [6, 6.07) is -0.494. The first-order valence-electron chi connectivity index (χ1n) is 7.27. The lowest BCUT2D eigenvalue weighted by molar-refractivity contribution is -0.904. The average Bonchev–Trinajstić information content (AvgIpc) is 2.42. The predicted octanol–water partition coefficient (Wildman–Crippen LogP) is -1.03. The lowest BCUT2D eigenvalue weighted by Crippen LogP contribution is -2.50. The maximum absolute atomic E-state index is 11.8. The molecule has 0 unspecified atom stereocenters. The quantitative estimate of drug-likeness (QED) is 0.178. The summed E-state index contributed by atoms with van der Waals surface area (Å²) in [4.78, 5) is 15.7. The third kappa shape index (κ3) is 7.96. The van der Waals surface area contributed by atoms with Crippen LogP contribution in [0, 0.1) is 0 Å². The molecule has 0 aliphatic rings. The van der Waals surface area contributed by atoms with Gasteiger partial charge in [0.15, 0.2) is 5.96 Å². The number of rotatable bonds is 10. The fraction of sp³-hybridized carbons (Fsp3) is 0.846. The highest BCUT2D eigenvalue weighted by molar-refractivity contribution is 5.81. The smallest absolute Gasteiger partial charge is 0.237 e. The molecule has 0 aliphatic carbocycles. The van der Waals surface area contributed by atoms with Crippen LogP contribution in [0.4, 0.5) is 0 Å². The van der Waals surface area contributed by atoms with Crippen LogP contribution in [-0.4, -0.2) is 62.2 Å². The number of nitrogens with zero attached hydrogens (tertiary/aromatic N) is 2. The third-order valence-corrected chi connectivity index (χ3v) is 3.78. The minimum absolute atomic E-state index is 0.0687. The molecule has 1 amide bonds. The van der Waals surface area contributed by atoms with Gasteiger partial charge in [-0.1, -0.05) is 0 Å². The van der Waals surface area contributed by atoms with Crippen LogP contribution in [0.5, 0.6) is 0 Å². The van der Waals surface area contributed by atoms with Crippen LogP contribution in [0.15, 0.2) is 4.99 Å². The fourth-order valence-corrected chi connectivity index (χ4v) is 1.77. The minimum atomic E-state index is -0.494. The van der Waals surface area contributed by atoms with Crippen molar-refractivity contribution < 1.29 is 9.28 Å². The molecule has 0 fully saturated rings. The second-order valence-electron chi connectivity index (χ2n) is 5.32. The van der Waals surface area contributed by atoms with Gasteiger partial charge in [-0.15, -0.1) is 0 Å². The number of carbonyl (C=O) groups is 1. The van der Waals surface area contributed by atoms with Gasteiger partial charge in [0.25, 0.3) is 0 Å². The highest BCUT2D eigenvalue weighted by atomic mass is 16.2. The number of aliphatic imine (C=N–C) groups is 1. The molecule has 0 spiro atoms. The Morgan fingerprint density at radius 3 is 2.40 bits per heavy atom. The zero-order valence-corrected chi connectivity index (χ0v) is 13.1. The lowest BCUT2D eigenvalue weighted by atomic mass is 10.1. The summed E-state index contributed by atoms with van der Waals surface area (Å²) in [5, 5.41) is 2.89. The van der Waals surface area contributed by atoms with Gasteiger partial charge in [-0.3, -0.25) is 9.79 Å². The van der Waals surface area contributed by atoms with Gasteiger partial charge in [-0.25, -0.2) is 0 Å². The number of guanidine groups is 1. The van der Waals surface area contributed by atoms with Crippen molar-refractivity contribution in [1.29, 1.82) is 0 Å². The third-order valence-electron chi connectivity index (χ3n) is 3.78. The number of quaternary nitrogens is 1. The first-order chi connectivity index (χ1) is 9.34. The Hall–Kier alpha value is -1.34. The van der Waals surface area contributed by atoms with Gasteiger partial charge in [0.2, 0.25) is 5.91 Å². The topological polar surface area (TPSA) is 120 Å². The summed E-state index contributed by atoms with van der Waals surface area (Å²) in [6.07, 6.45) is 1.28. The summed E-state index contributed by atoms with van der Waals surface area (Å²) in [7, 11) is 2.18. The second-order valence-corrected chi connectivity index (χ2v) is 5.32. The van der Waals surface area contributed by atoms with Crippen molar-refractivity contribution in [2.45, 2.75) is 32.7 Å². The zero-order valence-electron chi connectivity index (χ0n) is 13.1. The van der Waals surface area contributed by atoms with E-state index in [0.717, 1.165) is 24.1 Å². The van der Waals surface area contributed by atoms with Gasteiger partial charge in [0.05, 0.1) is 39.3 Å². The zero-order chi connectivity index (χ0) is 15.6. The van der Waals surface area contributed by atoms with Gasteiger partial charge in [-0.2, -0.15) is 0 Å². The van der Waals surface area contributed by atoms with E-state index in [0.29, 0.717) is 25.9 Å². The maximum Gasteiger partial charge on any atom is 0.237 e. The van der Waals surface area contributed by atoms with Crippen LogP contribution < -0.4 is 22.5 Å². The number of hydrogen-bond donors (Lipinski definition) is 4. The van der Waals surface area contributed by atoms with E-state index in [-0.39, 0.29) is 11.9 Å². The number of carbonyl (C=O) groups excluding carboxylic acids is 1. The molecule has 7 heteroatoms. The number of hydrogen-bond acceptors (Lipinski definition) is 3. The molecule has 0 saturated carbocycles. The van der Waals surface area contributed by atoms with E-state index in [9.17, 15) is 4.79 Å². The largest absolute Gasteiger partial charge is 0.370 e. The van der Waals surface area contributed by atoms with Crippen LogP contribution in [0.1, 0.15) is 26.7 Å². The minimum Gasteiger partial charge on any atom is -0.370 e. The van der Waals surface area contributed by atoms with Crippen molar-refractivity contribution in [3.63, 3.8) is 0 Å². The Balaban J connectivity index is 3.88. The predicted molar refractivity (Wildman–Crippen MR) is 83.0 cm³/mol. The molecule has 0 aromatic carbocycles. The maximum atomic E-state index is 11.8. The number of amides is 1. The highest BCUT2D eigenvalue weighted by Gasteiger charge is 2.17. The molecule has 1 atom stereocenters. The molecule has 7 N–H and O–H groups in total. The summed E-state index contributed by atoms with van der Waals surface area (Å²) < 4.78 is 0.944. The molecule has 0 rings (SSSR count). The SMILES string of the molecule is CC[N+](C)(CC)CCNC(=O)[C@H](N)CCCN=C(N)N. The Bertz CT molecular complexity index is 310. The number of likely N-dealkylation sites (N-methyl/N-ethyl adjacent to an activating group) is 1. The summed E-state index contributed by atoms with van der Waals surface area (Å²) >= 11 is 0. The Morgan fingerprint density at radius 2 is 1.90 bits per heavy atom. The molecular formula is C13H31N6O+. The van der Waals surface area contributed by atoms with E-state index in [2.05, 4.69) is 31.2 Å². The van der Waals surface area contributed by atoms with E-state index in [1.165, 1.54) is 0 Å². The summed E-state index contributed by atoms with van der Waals surface area (Å²) in [6.45, 7) is 8.48. The Morgan fingerprint density at radius 1 is 1.30 bits per heavy atom. The van der Waals surface area contributed by atoms with Gasteiger partial charge >= 0.3 is 0 Å². The van der Waals surface area contributed by atoms with Crippen molar-refractivity contribution >= 4 is 11.9 Å². The van der Waals surface area contributed by atoms with Crippen molar-refractivity contribution in [3.05, 3.63) is 0 Å². The van der Waals surface area contributed by atoms with Crippen molar-refractivity contribution in [3.8, 4) is 0 Å². The molecule has 118 valence electrons. The first-order valence-corrected chi connectivity index (χ1v) is 7.27. The Labute approximate surface area is 122 Å². The van der Waals surface area contributed by atoms with Gasteiger partial charge < -0.3 is 27.0 Å². The van der Waals surface area contributed by atoms with E-state index < -0.39 is 6.04 Å². The van der Waals surface area contributed by atoms with Gasteiger partial charge in [0.1, 0.15) is 0 Å². The van der Waals surface area contributed by atoms with Crippen LogP contribution >= 0.6 is 0 Å². The second kappa shape index (κ2) is 9.55. The number of nitrogens with one attached hydrogen (secondary N) is 1. The van der Waals surface area contributed by atoms with Crippen LogP contribution in [0.2, 0.25) is 0 Å². The monoisotopic (exact) mass is 287 g/mol. The Kier molecular flexibility index (Phi) is 8.91. The molecule has 0 bridgehead atoms. The summed E-state index contributed by atoms with van der Waals surface area (Å²) in [5.74, 6) is -0.0346. The van der Waals surface area contributed by atoms with Crippen LogP contribution in [0.3, 0.4) is 0 Å². The lowest BCUT2D eigenvalue weighted by Gasteiger charge is -2.32. The number of nitrogens with two attached hydrogens (primary N) is 3. The highest BCUT2D eigenvalue weighted by Crippen LogP contribution is 2.00.